The Balaban J connectivity index is 1.68. The molecule has 0 atom stereocenters. The fourth-order valence-electron chi connectivity index (χ4n) is 2.07. The van der Waals surface area contributed by atoms with Crippen molar-refractivity contribution in [2.45, 2.75) is 19.9 Å². The number of hydrogen-bond donors (Lipinski definition) is 1. The molecule has 0 amide bonds. The van der Waals surface area contributed by atoms with E-state index in [0.717, 1.165) is 29.3 Å². The highest BCUT2D eigenvalue weighted by Crippen LogP contribution is 2.32. The first-order chi connectivity index (χ1) is 9.81. The number of fused-ring (bicyclic) bond motifs is 1. The molecule has 1 aromatic carbocycles. The minimum atomic E-state index is 0.694. The Bertz CT molecular complexity index is 582. The van der Waals surface area contributed by atoms with Gasteiger partial charge < -0.3 is 14.8 Å². The van der Waals surface area contributed by atoms with Crippen LogP contribution in [0.15, 0.2) is 36.5 Å². The lowest BCUT2D eigenvalue weighted by atomic mass is 10.2. The summed E-state index contributed by atoms with van der Waals surface area (Å²) in [7, 11) is 0. The van der Waals surface area contributed by atoms with Crippen LogP contribution in [-0.2, 0) is 6.54 Å². The highest BCUT2D eigenvalue weighted by atomic mass is 16.5. The van der Waals surface area contributed by atoms with Gasteiger partial charge in [0.1, 0.15) is 0 Å². The van der Waals surface area contributed by atoms with Crippen molar-refractivity contribution in [1.29, 1.82) is 0 Å². The molecule has 3 rings (SSSR count). The number of rotatable bonds is 3. The molecule has 2 heterocycles. The fraction of sp³-hybridized carbons (Fsp3) is 0.312. The number of anilines is 1. The van der Waals surface area contributed by atoms with Gasteiger partial charge in [0.25, 0.3) is 0 Å². The van der Waals surface area contributed by atoms with E-state index in [1.807, 2.05) is 37.4 Å². The molecule has 1 aliphatic heterocycles. The van der Waals surface area contributed by atoms with Gasteiger partial charge in [-0.15, -0.1) is 0 Å². The Morgan fingerprint density at radius 1 is 1.10 bits per heavy atom. The summed E-state index contributed by atoms with van der Waals surface area (Å²) in [6.45, 7) is 4.15. The van der Waals surface area contributed by atoms with Crippen molar-refractivity contribution in [3.63, 3.8) is 0 Å². The van der Waals surface area contributed by atoms with E-state index in [9.17, 15) is 0 Å². The van der Waals surface area contributed by atoms with Crippen LogP contribution < -0.4 is 14.8 Å². The van der Waals surface area contributed by atoms with Crippen molar-refractivity contribution in [2.75, 3.05) is 18.5 Å². The number of nitrogens with one attached hydrogen (secondary N) is 1. The number of hydrogen-bond acceptors (Lipinski definition) is 4. The van der Waals surface area contributed by atoms with Crippen LogP contribution in [0.3, 0.4) is 0 Å². The van der Waals surface area contributed by atoms with E-state index in [1.54, 1.807) is 0 Å². The highest BCUT2D eigenvalue weighted by Gasteiger charge is 2.10. The Kier molecular flexibility index (Phi) is 3.72. The van der Waals surface area contributed by atoms with Crippen molar-refractivity contribution in [3.8, 4) is 11.5 Å². The maximum atomic E-state index is 5.68. The summed E-state index contributed by atoms with van der Waals surface area (Å²) in [5, 5.41) is 3.35. The van der Waals surface area contributed by atoms with Crippen molar-refractivity contribution in [1.82, 2.24) is 4.98 Å². The molecule has 0 fully saturated rings. The number of pyridine rings is 1. The van der Waals surface area contributed by atoms with E-state index < -0.39 is 0 Å². The summed E-state index contributed by atoms with van der Waals surface area (Å²) >= 11 is 0. The van der Waals surface area contributed by atoms with E-state index in [4.69, 9.17) is 9.47 Å². The third-order valence-corrected chi connectivity index (χ3v) is 3.19. The van der Waals surface area contributed by atoms with Gasteiger partial charge in [0.2, 0.25) is 0 Å². The highest BCUT2D eigenvalue weighted by molar-refractivity contribution is 5.55. The molecule has 2 aromatic rings. The van der Waals surface area contributed by atoms with Crippen LogP contribution in [0.1, 0.15) is 17.7 Å². The summed E-state index contributed by atoms with van der Waals surface area (Å²) in [6.07, 6.45) is 2.80. The number of nitrogens with zero attached hydrogens (tertiary/aromatic N) is 1. The van der Waals surface area contributed by atoms with Gasteiger partial charge in [0.05, 0.1) is 25.5 Å². The van der Waals surface area contributed by atoms with Crippen LogP contribution in [0.25, 0.3) is 0 Å². The zero-order valence-electron chi connectivity index (χ0n) is 11.6. The lowest BCUT2D eigenvalue weighted by Gasteiger charge is -2.11. The van der Waals surface area contributed by atoms with Gasteiger partial charge in [-0.1, -0.05) is 6.07 Å². The second kappa shape index (κ2) is 5.82. The van der Waals surface area contributed by atoms with Crippen molar-refractivity contribution >= 4 is 5.69 Å². The number of aromatic nitrogens is 1. The predicted molar refractivity (Wildman–Crippen MR) is 78.3 cm³/mol. The van der Waals surface area contributed by atoms with Gasteiger partial charge in [-0.2, -0.15) is 0 Å². The molecule has 0 saturated heterocycles. The van der Waals surface area contributed by atoms with Crippen molar-refractivity contribution in [2.24, 2.45) is 0 Å². The Labute approximate surface area is 118 Å². The maximum Gasteiger partial charge on any atom is 0.163 e. The SMILES string of the molecule is Cc1ccc(CNc2ccc3c(c2)OCCCO3)nc1. The average molecular weight is 270 g/mol. The molecular formula is C16H18N2O2. The molecule has 104 valence electrons. The van der Waals surface area contributed by atoms with Crippen LogP contribution in [0.2, 0.25) is 0 Å². The topological polar surface area (TPSA) is 43.4 Å². The molecule has 0 spiro atoms. The van der Waals surface area contributed by atoms with E-state index in [1.165, 1.54) is 5.56 Å². The summed E-state index contributed by atoms with van der Waals surface area (Å²) < 4.78 is 11.3. The smallest absolute Gasteiger partial charge is 0.163 e. The average Bonchev–Trinajstić information content (AvgIpc) is 2.71. The molecule has 0 bridgehead atoms. The van der Waals surface area contributed by atoms with E-state index in [2.05, 4.69) is 16.4 Å². The molecule has 0 radical (unpaired) electrons. The van der Waals surface area contributed by atoms with Gasteiger partial charge in [0, 0.05) is 24.4 Å². The first-order valence-corrected chi connectivity index (χ1v) is 6.86. The number of aryl methyl sites for hydroxylation is 1. The molecular weight excluding hydrogens is 252 g/mol. The second-order valence-corrected chi connectivity index (χ2v) is 4.89. The van der Waals surface area contributed by atoms with Crippen molar-refractivity contribution < 1.29 is 9.47 Å². The quantitative estimate of drug-likeness (QED) is 0.930. The second-order valence-electron chi connectivity index (χ2n) is 4.89. The Morgan fingerprint density at radius 3 is 2.75 bits per heavy atom. The number of benzene rings is 1. The van der Waals surface area contributed by atoms with Gasteiger partial charge >= 0.3 is 0 Å². The molecule has 0 unspecified atom stereocenters. The summed E-state index contributed by atoms with van der Waals surface area (Å²) in [5.74, 6) is 1.63. The third kappa shape index (κ3) is 3.02. The first-order valence-electron chi connectivity index (χ1n) is 6.86. The molecule has 1 aromatic heterocycles. The molecule has 1 N–H and O–H groups in total. The van der Waals surface area contributed by atoms with Crippen LogP contribution in [0.4, 0.5) is 5.69 Å². The zero-order chi connectivity index (χ0) is 13.8. The lowest BCUT2D eigenvalue weighted by Crippen LogP contribution is -2.02. The number of ether oxygens (including phenoxy) is 2. The molecule has 4 heteroatoms. The molecule has 1 aliphatic rings. The standard InChI is InChI=1S/C16H18N2O2/c1-12-3-4-14(17-10-12)11-18-13-5-6-15-16(9-13)20-8-2-7-19-15/h3-6,9-10,18H,2,7-8,11H2,1H3. The van der Waals surface area contributed by atoms with E-state index >= 15 is 0 Å². The monoisotopic (exact) mass is 270 g/mol. The van der Waals surface area contributed by atoms with Gasteiger partial charge in [-0.25, -0.2) is 0 Å². The van der Waals surface area contributed by atoms with Gasteiger partial charge in [-0.3, -0.25) is 4.98 Å². The predicted octanol–water partition coefficient (Wildman–Crippen LogP) is 3.16. The van der Waals surface area contributed by atoms with Crippen LogP contribution in [0, 0.1) is 6.92 Å². The van der Waals surface area contributed by atoms with Crippen LogP contribution in [0.5, 0.6) is 11.5 Å². The summed E-state index contributed by atoms with van der Waals surface area (Å²) in [6, 6.07) is 10.0. The van der Waals surface area contributed by atoms with Crippen molar-refractivity contribution in [3.05, 3.63) is 47.8 Å². The third-order valence-electron chi connectivity index (χ3n) is 3.19. The Hall–Kier alpha value is -2.23. The van der Waals surface area contributed by atoms with E-state index in [-0.39, 0.29) is 0 Å². The Morgan fingerprint density at radius 2 is 1.95 bits per heavy atom. The fourth-order valence-corrected chi connectivity index (χ4v) is 2.07. The molecule has 0 saturated carbocycles. The largest absolute Gasteiger partial charge is 0.490 e. The minimum Gasteiger partial charge on any atom is -0.490 e. The normalized spacial score (nSPS) is 13.7. The van der Waals surface area contributed by atoms with Crippen LogP contribution in [-0.4, -0.2) is 18.2 Å². The lowest BCUT2D eigenvalue weighted by molar-refractivity contribution is 0.297. The summed E-state index contributed by atoms with van der Waals surface area (Å²) in [5.41, 5.74) is 3.20. The first kappa shape index (κ1) is 12.8. The van der Waals surface area contributed by atoms with E-state index in [0.29, 0.717) is 19.8 Å². The summed E-state index contributed by atoms with van der Waals surface area (Å²) in [4.78, 5) is 4.38. The molecule has 4 nitrogen and oxygen atoms in total. The zero-order valence-corrected chi connectivity index (χ0v) is 11.6. The minimum absolute atomic E-state index is 0.694. The molecule has 0 aliphatic carbocycles. The van der Waals surface area contributed by atoms with Crippen LogP contribution >= 0.6 is 0 Å². The van der Waals surface area contributed by atoms with Gasteiger partial charge in [0.15, 0.2) is 11.5 Å². The maximum absolute atomic E-state index is 5.68. The van der Waals surface area contributed by atoms with Gasteiger partial charge in [-0.05, 0) is 30.7 Å². The molecule has 20 heavy (non-hydrogen) atoms.